The molecule has 1 saturated heterocycles. The second-order valence-electron chi connectivity index (χ2n) is 6.37. The number of primary amides is 1. The molecule has 7 nitrogen and oxygen atoms in total. The molecule has 0 radical (unpaired) electrons. The minimum atomic E-state index is -0.893. The number of pyridine rings is 1. The highest BCUT2D eigenvalue weighted by Gasteiger charge is 2.23. The van der Waals surface area contributed by atoms with Gasteiger partial charge in [-0.25, -0.2) is 9.18 Å². The highest BCUT2D eigenvalue weighted by atomic mass is 19.1. The van der Waals surface area contributed by atoms with Crippen molar-refractivity contribution >= 4 is 17.6 Å². The number of carbonyl (C=O) groups is 2. The number of aromatic nitrogens is 1. The molecule has 1 aliphatic heterocycles. The second kappa shape index (κ2) is 8.59. The number of hydrogen-bond acceptors (Lipinski definition) is 4. The summed E-state index contributed by atoms with van der Waals surface area (Å²) in [5, 5.41) is 2.70. The summed E-state index contributed by atoms with van der Waals surface area (Å²) in [5.41, 5.74) is 6.06. The largest absolute Gasteiger partial charge is 0.376 e. The van der Waals surface area contributed by atoms with Crippen LogP contribution in [0.3, 0.4) is 0 Å². The number of hydrogen-bond donors (Lipinski definition) is 2. The number of carbonyl (C=O) groups excluding carboxylic acids is 2. The lowest BCUT2D eigenvalue weighted by molar-refractivity contribution is 0.0819. The molecule has 3 rings (SSSR count). The van der Waals surface area contributed by atoms with E-state index in [1.807, 2.05) is 6.07 Å². The number of ether oxygens (including phenoxy) is 1. The molecule has 142 valence electrons. The van der Waals surface area contributed by atoms with Crippen LogP contribution in [0.1, 0.15) is 28.8 Å². The normalized spacial score (nSPS) is 16.1. The van der Waals surface area contributed by atoms with E-state index in [1.165, 1.54) is 12.1 Å². The lowest BCUT2D eigenvalue weighted by Crippen LogP contribution is -2.39. The van der Waals surface area contributed by atoms with Crippen molar-refractivity contribution in [3.8, 4) is 0 Å². The Morgan fingerprint density at radius 3 is 2.89 bits per heavy atom. The molecule has 1 unspecified atom stereocenters. The maximum atomic E-state index is 13.6. The van der Waals surface area contributed by atoms with Crippen LogP contribution < -0.4 is 11.1 Å². The first-order valence-corrected chi connectivity index (χ1v) is 8.68. The van der Waals surface area contributed by atoms with E-state index in [-0.39, 0.29) is 17.7 Å². The van der Waals surface area contributed by atoms with Crippen molar-refractivity contribution < 1.29 is 18.7 Å². The summed E-state index contributed by atoms with van der Waals surface area (Å²) in [7, 11) is 0. The van der Waals surface area contributed by atoms with Gasteiger partial charge in [0.15, 0.2) is 0 Å². The van der Waals surface area contributed by atoms with Crippen LogP contribution in [-0.4, -0.2) is 41.1 Å². The maximum Gasteiger partial charge on any atom is 0.322 e. The van der Waals surface area contributed by atoms with Crippen LogP contribution in [0, 0.1) is 5.82 Å². The summed E-state index contributed by atoms with van der Waals surface area (Å²) in [6, 6.07) is 7.01. The molecule has 2 aromatic rings. The lowest BCUT2D eigenvalue weighted by Gasteiger charge is -2.26. The smallest absolute Gasteiger partial charge is 0.322 e. The Bertz CT molecular complexity index is 810. The second-order valence-corrected chi connectivity index (χ2v) is 6.37. The van der Waals surface area contributed by atoms with Gasteiger partial charge in [0.25, 0.3) is 5.91 Å². The number of urea groups is 1. The molecule has 2 heterocycles. The molecular weight excluding hydrogens is 351 g/mol. The Morgan fingerprint density at radius 1 is 1.37 bits per heavy atom. The van der Waals surface area contributed by atoms with Crippen molar-refractivity contribution in [1.82, 2.24) is 9.88 Å². The minimum Gasteiger partial charge on any atom is -0.376 e. The fraction of sp³-hybridized carbons (Fsp3) is 0.316. The molecule has 8 heteroatoms. The summed E-state index contributed by atoms with van der Waals surface area (Å²) in [4.78, 5) is 29.8. The van der Waals surface area contributed by atoms with Gasteiger partial charge in [0.05, 0.1) is 11.7 Å². The number of amides is 3. The van der Waals surface area contributed by atoms with Gasteiger partial charge in [-0.3, -0.25) is 9.78 Å². The average molecular weight is 372 g/mol. The molecule has 1 fully saturated rings. The number of nitrogens with zero attached hydrogens (tertiary/aromatic N) is 2. The van der Waals surface area contributed by atoms with E-state index in [0.29, 0.717) is 25.4 Å². The van der Waals surface area contributed by atoms with Gasteiger partial charge in [-0.15, -0.1) is 0 Å². The van der Waals surface area contributed by atoms with Crippen LogP contribution in [0.5, 0.6) is 0 Å². The molecule has 0 bridgehead atoms. The van der Waals surface area contributed by atoms with Gasteiger partial charge in [-0.2, -0.15) is 0 Å². The monoisotopic (exact) mass is 372 g/mol. The highest BCUT2D eigenvalue weighted by molar-refractivity contribution is 5.96. The standard InChI is InChI=1S/C19H21FN4O3/c20-17-6-5-14(9-16(17)18(21)25)23-19(26)24(12-15-4-2-8-27-15)11-13-3-1-7-22-10-13/h1,3,5-7,9-10,15H,2,4,8,11-12H2,(H2,21,25)(H,23,26). The van der Waals surface area contributed by atoms with Crippen LogP contribution in [0.4, 0.5) is 14.9 Å². The molecule has 0 spiro atoms. The summed E-state index contributed by atoms with van der Waals surface area (Å²) >= 11 is 0. The Labute approximate surface area is 156 Å². The van der Waals surface area contributed by atoms with E-state index >= 15 is 0 Å². The van der Waals surface area contributed by atoms with Crippen molar-refractivity contribution in [2.45, 2.75) is 25.5 Å². The van der Waals surface area contributed by atoms with E-state index < -0.39 is 11.7 Å². The third kappa shape index (κ3) is 5.01. The molecule has 1 atom stereocenters. The lowest BCUT2D eigenvalue weighted by atomic mass is 10.1. The third-order valence-corrected chi connectivity index (χ3v) is 4.31. The molecule has 3 N–H and O–H groups in total. The maximum absolute atomic E-state index is 13.6. The summed E-state index contributed by atoms with van der Waals surface area (Å²) in [5.74, 6) is -1.62. The van der Waals surface area contributed by atoms with Gasteiger partial charge in [0.1, 0.15) is 5.82 Å². The number of anilines is 1. The fourth-order valence-electron chi connectivity index (χ4n) is 2.96. The molecule has 1 aromatic heterocycles. The zero-order valence-electron chi connectivity index (χ0n) is 14.7. The van der Waals surface area contributed by atoms with Gasteiger partial charge >= 0.3 is 6.03 Å². The van der Waals surface area contributed by atoms with Gasteiger partial charge in [-0.05, 0) is 42.7 Å². The Kier molecular flexibility index (Phi) is 5.97. The van der Waals surface area contributed by atoms with Gasteiger partial charge in [-0.1, -0.05) is 6.07 Å². The minimum absolute atomic E-state index is 0.0261. The number of nitrogens with one attached hydrogen (secondary N) is 1. The molecule has 0 saturated carbocycles. The first-order valence-electron chi connectivity index (χ1n) is 8.68. The quantitative estimate of drug-likeness (QED) is 0.814. The number of halogens is 1. The highest BCUT2D eigenvalue weighted by Crippen LogP contribution is 2.18. The molecule has 1 aliphatic rings. The van der Waals surface area contributed by atoms with Crippen LogP contribution in [0.2, 0.25) is 0 Å². The van der Waals surface area contributed by atoms with Crippen molar-refractivity contribution in [2.24, 2.45) is 5.73 Å². The van der Waals surface area contributed by atoms with Crippen LogP contribution >= 0.6 is 0 Å². The topological polar surface area (TPSA) is 97.5 Å². The predicted molar refractivity (Wildman–Crippen MR) is 97.6 cm³/mol. The fourth-order valence-corrected chi connectivity index (χ4v) is 2.96. The van der Waals surface area contributed by atoms with E-state index in [9.17, 15) is 14.0 Å². The molecule has 3 amide bonds. The summed E-state index contributed by atoms with van der Waals surface area (Å²) in [6.45, 7) is 1.46. The first-order chi connectivity index (χ1) is 13.0. The average Bonchev–Trinajstić information content (AvgIpc) is 3.16. The Morgan fingerprint density at radius 2 is 2.22 bits per heavy atom. The SMILES string of the molecule is NC(=O)c1cc(NC(=O)N(Cc2cccnc2)CC2CCCO2)ccc1F. The summed E-state index contributed by atoms with van der Waals surface area (Å²) < 4.78 is 19.3. The number of benzene rings is 1. The van der Waals surface area contributed by atoms with Crippen LogP contribution in [0.25, 0.3) is 0 Å². The zero-order valence-corrected chi connectivity index (χ0v) is 14.7. The van der Waals surface area contributed by atoms with E-state index in [4.69, 9.17) is 10.5 Å². The molecule has 0 aliphatic carbocycles. The van der Waals surface area contributed by atoms with E-state index in [2.05, 4.69) is 10.3 Å². The van der Waals surface area contributed by atoms with Crippen LogP contribution in [0.15, 0.2) is 42.7 Å². The summed E-state index contributed by atoms with van der Waals surface area (Å²) in [6.07, 6.45) is 5.19. The van der Waals surface area contributed by atoms with Crippen molar-refractivity contribution in [1.29, 1.82) is 0 Å². The van der Waals surface area contributed by atoms with Gasteiger partial charge in [0, 0.05) is 37.8 Å². The number of nitrogens with two attached hydrogens (primary N) is 1. The van der Waals surface area contributed by atoms with Gasteiger partial charge in [0.2, 0.25) is 0 Å². The van der Waals surface area contributed by atoms with Crippen LogP contribution in [-0.2, 0) is 11.3 Å². The van der Waals surface area contributed by atoms with Gasteiger partial charge < -0.3 is 20.7 Å². The zero-order chi connectivity index (χ0) is 19.2. The predicted octanol–water partition coefficient (Wildman–Crippen LogP) is 2.53. The first kappa shape index (κ1) is 18.8. The van der Waals surface area contributed by atoms with E-state index in [0.717, 1.165) is 24.5 Å². The van der Waals surface area contributed by atoms with Crippen molar-refractivity contribution in [3.63, 3.8) is 0 Å². The Balaban J connectivity index is 1.75. The van der Waals surface area contributed by atoms with Crippen molar-refractivity contribution in [2.75, 3.05) is 18.5 Å². The third-order valence-electron chi connectivity index (χ3n) is 4.31. The Hall–Kier alpha value is -3.00. The molecule has 1 aromatic carbocycles. The van der Waals surface area contributed by atoms with E-state index in [1.54, 1.807) is 23.4 Å². The molecule has 27 heavy (non-hydrogen) atoms. The molecular formula is C19H21FN4O3. The number of rotatable bonds is 6. The van der Waals surface area contributed by atoms with Crippen molar-refractivity contribution in [3.05, 3.63) is 59.7 Å².